The maximum Gasteiger partial charge on any atom is 0.419 e. The first-order valence-electron chi connectivity index (χ1n) is 14.5. The van der Waals surface area contributed by atoms with Gasteiger partial charge in [0.1, 0.15) is 17.6 Å². The van der Waals surface area contributed by atoms with E-state index in [0.717, 1.165) is 18.7 Å². The van der Waals surface area contributed by atoms with Crippen molar-refractivity contribution in [2.45, 2.75) is 123 Å². The molecule has 2 rings (SSSR count). The molecule has 0 aliphatic heterocycles. The van der Waals surface area contributed by atoms with Crippen molar-refractivity contribution in [3.63, 3.8) is 0 Å². The van der Waals surface area contributed by atoms with Crippen LogP contribution in [0.4, 0.5) is 10.5 Å². The second-order valence-corrected chi connectivity index (χ2v) is 11.0. The molecule has 2 aromatic rings. The molecule has 206 valence electrons. The number of benzene rings is 1. The predicted octanol–water partition coefficient (Wildman–Crippen LogP) is 8.79. The molecule has 0 radical (unpaired) electrons. The Kier molecular flexibility index (Phi) is 14.0. The van der Waals surface area contributed by atoms with Gasteiger partial charge in [0.05, 0.1) is 0 Å². The molecule has 6 heteroatoms. The second kappa shape index (κ2) is 17.0. The second-order valence-electron chi connectivity index (χ2n) is 11.0. The predicted molar refractivity (Wildman–Crippen MR) is 153 cm³/mol. The van der Waals surface area contributed by atoms with E-state index >= 15 is 0 Å². The molecular formula is C31H49N3O3. The smallest absolute Gasteiger partial charge is 0.419 e. The summed E-state index contributed by atoms with van der Waals surface area (Å²) in [5, 5.41) is 3.42. The monoisotopic (exact) mass is 511 g/mol. The van der Waals surface area contributed by atoms with Gasteiger partial charge in [0.2, 0.25) is 5.78 Å². The molecule has 0 unspecified atom stereocenters. The summed E-state index contributed by atoms with van der Waals surface area (Å²) in [6.07, 6.45) is 20.9. The van der Waals surface area contributed by atoms with Crippen LogP contribution in [-0.2, 0) is 4.74 Å². The lowest BCUT2D eigenvalue weighted by atomic mass is 10.0. The van der Waals surface area contributed by atoms with Crippen molar-refractivity contribution in [2.24, 2.45) is 0 Å². The van der Waals surface area contributed by atoms with Crippen LogP contribution in [0, 0.1) is 0 Å². The minimum atomic E-state index is -0.616. The molecule has 0 bridgehead atoms. The van der Waals surface area contributed by atoms with Crippen LogP contribution in [-0.4, -0.2) is 33.6 Å². The van der Waals surface area contributed by atoms with Gasteiger partial charge < -0.3 is 10.1 Å². The largest absolute Gasteiger partial charge is 0.443 e. The van der Waals surface area contributed by atoms with E-state index in [4.69, 9.17) is 4.74 Å². The van der Waals surface area contributed by atoms with Gasteiger partial charge in [0, 0.05) is 24.0 Å². The number of carbonyl (C=O) groups excluding carboxylic acids is 2. The van der Waals surface area contributed by atoms with E-state index in [2.05, 4.69) is 17.2 Å². The van der Waals surface area contributed by atoms with E-state index in [1.165, 1.54) is 101 Å². The number of rotatable bonds is 18. The zero-order valence-corrected chi connectivity index (χ0v) is 23.7. The van der Waals surface area contributed by atoms with Crippen molar-refractivity contribution in [3.8, 4) is 0 Å². The number of aromatic nitrogens is 2. The van der Waals surface area contributed by atoms with Gasteiger partial charge in [-0.1, -0.05) is 103 Å². The van der Waals surface area contributed by atoms with E-state index < -0.39 is 11.7 Å². The zero-order valence-electron chi connectivity index (χ0n) is 23.7. The summed E-state index contributed by atoms with van der Waals surface area (Å²) in [6.45, 7) is 8.50. The molecule has 0 saturated heterocycles. The van der Waals surface area contributed by atoms with Crippen molar-refractivity contribution < 1.29 is 14.3 Å². The SMILES string of the molecule is CCCCCCCCCCCCCCCCNc1ccccc1C(=O)c1cn(C(=O)OC(C)(C)C)cn1. The topological polar surface area (TPSA) is 73.2 Å². The van der Waals surface area contributed by atoms with Crippen LogP contribution in [0.3, 0.4) is 0 Å². The van der Waals surface area contributed by atoms with Crippen LogP contribution in [0.1, 0.15) is 134 Å². The Morgan fingerprint density at radius 1 is 0.838 bits per heavy atom. The highest BCUT2D eigenvalue weighted by atomic mass is 16.6. The zero-order chi connectivity index (χ0) is 26.9. The number of nitrogens with one attached hydrogen (secondary N) is 1. The maximum absolute atomic E-state index is 13.1. The van der Waals surface area contributed by atoms with Gasteiger partial charge >= 0.3 is 6.09 Å². The Hall–Kier alpha value is -2.63. The minimum Gasteiger partial charge on any atom is -0.443 e. The van der Waals surface area contributed by atoms with E-state index in [1.807, 2.05) is 18.2 Å². The van der Waals surface area contributed by atoms with Crippen molar-refractivity contribution in [3.05, 3.63) is 48.0 Å². The number of anilines is 1. The van der Waals surface area contributed by atoms with Gasteiger partial charge in [-0.2, -0.15) is 0 Å². The average Bonchev–Trinajstić information content (AvgIpc) is 3.36. The summed E-state index contributed by atoms with van der Waals surface area (Å²) in [7, 11) is 0. The Labute approximate surface area is 224 Å². The standard InChI is InChI=1S/C31H49N3O3/c1-5-6-7-8-9-10-11-12-13-14-15-16-17-20-23-32-27-22-19-18-21-26(27)29(35)28-24-34(25-33-28)30(36)37-31(2,3)4/h18-19,21-22,24-25,32H,5-17,20,23H2,1-4H3. The molecule has 0 aliphatic carbocycles. The third kappa shape index (κ3) is 12.4. The molecule has 1 N–H and O–H groups in total. The number of ketones is 1. The van der Waals surface area contributed by atoms with E-state index in [9.17, 15) is 9.59 Å². The Balaban J connectivity index is 1.64. The molecule has 0 spiro atoms. The van der Waals surface area contributed by atoms with Gasteiger partial charge in [-0.15, -0.1) is 0 Å². The molecule has 0 atom stereocenters. The number of para-hydroxylation sites is 1. The first-order chi connectivity index (χ1) is 17.8. The van der Waals surface area contributed by atoms with E-state index in [0.29, 0.717) is 5.56 Å². The molecule has 0 fully saturated rings. The maximum atomic E-state index is 13.1. The quantitative estimate of drug-likeness (QED) is 0.160. The van der Waals surface area contributed by atoms with Crippen LogP contribution in [0.2, 0.25) is 0 Å². The summed E-state index contributed by atoms with van der Waals surface area (Å²) < 4.78 is 6.56. The fourth-order valence-electron chi connectivity index (χ4n) is 4.37. The highest BCUT2D eigenvalue weighted by Gasteiger charge is 2.21. The third-order valence-electron chi connectivity index (χ3n) is 6.44. The molecule has 0 aliphatic rings. The number of nitrogens with zero attached hydrogens (tertiary/aromatic N) is 2. The van der Waals surface area contributed by atoms with Crippen molar-refractivity contribution >= 4 is 17.6 Å². The highest BCUT2D eigenvalue weighted by Crippen LogP contribution is 2.20. The molecule has 37 heavy (non-hydrogen) atoms. The Morgan fingerprint density at radius 2 is 1.38 bits per heavy atom. The van der Waals surface area contributed by atoms with Crippen molar-refractivity contribution in [1.29, 1.82) is 0 Å². The fourth-order valence-corrected chi connectivity index (χ4v) is 4.37. The minimum absolute atomic E-state index is 0.216. The highest BCUT2D eigenvalue weighted by molar-refractivity contribution is 6.11. The molecule has 1 aromatic carbocycles. The van der Waals surface area contributed by atoms with E-state index in [1.54, 1.807) is 26.8 Å². The Bertz CT molecular complexity index is 930. The summed E-state index contributed by atoms with van der Waals surface area (Å²) in [4.78, 5) is 29.5. The lowest BCUT2D eigenvalue weighted by Gasteiger charge is -2.19. The molecule has 6 nitrogen and oxygen atoms in total. The third-order valence-corrected chi connectivity index (χ3v) is 6.44. The number of unbranched alkanes of at least 4 members (excludes halogenated alkanes) is 13. The lowest BCUT2D eigenvalue weighted by molar-refractivity contribution is 0.0536. The number of hydrogen-bond acceptors (Lipinski definition) is 5. The van der Waals surface area contributed by atoms with Crippen LogP contribution < -0.4 is 5.32 Å². The molecular weight excluding hydrogens is 462 g/mol. The first kappa shape index (κ1) is 30.6. The van der Waals surface area contributed by atoms with Gasteiger partial charge in [-0.05, 0) is 39.3 Å². The van der Waals surface area contributed by atoms with Gasteiger partial charge in [-0.25, -0.2) is 14.3 Å². The number of carbonyl (C=O) groups is 2. The van der Waals surface area contributed by atoms with Crippen molar-refractivity contribution in [1.82, 2.24) is 9.55 Å². The number of imidazole rings is 1. The van der Waals surface area contributed by atoms with Crippen LogP contribution in [0.5, 0.6) is 0 Å². The number of hydrogen-bond donors (Lipinski definition) is 1. The summed E-state index contributed by atoms with van der Waals surface area (Å²) in [6, 6.07) is 7.48. The molecule has 1 aromatic heterocycles. The number of ether oxygens (including phenoxy) is 1. The normalized spacial score (nSPS) is 11.5. The van der Waals surface area contributed by atoms with E-state index in [-0.39, 0.29) is 11.5 Å². The van der Waals surface area contributed by atoms with Crippen LogP contribution in [0.15, 0.2) is 36.8 Å². The summed E-state index contributed by atoms with van der Waals surface area (Å²) in [5.74, 6) is -0.216. The fraction of sp³-hybridized carbons (Fsp3) is 0.645. The van der Waals surface area contributed by atoms with Gasteiger partial charge in [0.15, 0.2) is 0 Å². The average molecular weight is 512 g/mol. The van der Waals surface area contributed by atoms with Crippen LogP contribution >= 0.6 is 0 Å². The van der Waals surface area contributed by atoms with Gasteiger partial charge in [0.25, 0.3) is 0 Å². The molecule has 1 heterocycles. The van der Waals surface area contributed by atoms with Gasteiger partial charge in [-0.3, -0.25) is 4.79 Å². The first-order valence-corrected chi connectivity index (χ1v) is 14.5. The summed E-state index contributed by atoms with van der Waals surface area (Å²) >= 11 is 0. The van der Waals surface area contributed by atoms with Crippen LogP contribution in [0.25, 0.3) is 0 Å². The Morgan fingerprint density at radius 3 is 1.95 bits per heavy atom. The molecule has 0 amide bonds. The molecule has 0 saturated carbocycles. The lowest BCUT2D eigenvalue weighted by Crippen LogP contribution is -2.26. The summed E-state index contributed by atoms with van der Waals surface area (Å²) in [5.41, 5.74) is 0.961. The van der Waals surface area contributed by atoms with Crippen molar-refractivity contribution in [2.75, 3.05) is 11.9 Å².